The maximum absolute atomic E-state index is 9.79. The van der Waals surface area contributed by atoms with Crippen molar-refractivity contribution in [1.82, 2.24) is 0 Å². The molecule has 0 unspecified atom stereocenters. The molecule has 0 saturated heterocycles. The number of aromatic hydroxyl groups is 1. The number of phenolic OH excluding ortho intramolecular Hbond substituents is 1. The predicted octanol–water partition coefficient (Wildman–Crippen LogP) is 3.91. The first-order chi connectivity index (χ1) is 7.75. The fraction of sp³-hybridized carbons (Fsp3) is 0.0769. The van der Waals surface area contributed by atoms with Crippen molar-refractivity contribution < 1.29 is 5.11 Å². The topological polar surface area (TPSA) is 32.3 Å². The van der Waals surface area contributed by atoms with E-state index < -0.39 is 0 Å². The molecule has 0 radical (unpaired) electrons. The van der Waals surface area contributed by atoms with Gasteiger partial charge in [0.15, 0.2) is 0 Å². The summed E-state index contributed by atoms with van der Waals surface area (Å²) in [6, 6.07) is 11.7. The molecule has 0 saturated carbocycles. The van der Waals surface area contributed by atoms with Crippen molar-refractivity contribution in [2.45, 2.75) is 16.7 Å². The summed E-state index contributed by atoms with van der Waals surface area (Å²) in [5.74, 6) is 0.335. The molecule has 0 spiro atoms. The Morgan fingerprint density at radius 3 is 2.81 bits per heavy atom. The third-order valence-electron chi connectivity index (χ3n) is 2.70. The maximum Gasteiger partial charge on any atom is 0.131 e. The number of para-hydroxylation sites is 1. The van der Waals surface area contributed by atoms with Crippen LogP contribution in [0, 0.1) is 6.92 Å². The van der Waals surface area contributed by atoms with E-state index in [0.717, 1.165) is 21.2 Å². The number of nitrogens with one attached hydrogen (secondary N) is 1. The van der Waals surface area contributed by atoms with Gasteiger partial charge in [0, 0.05) is 4.90 Å². The molecule has 2 aromatic carbocycles. The van der Waals surface area contributed by atoms with Crippen LogP contribution in [0.4, 0.5) is 11.4 Å². The van der Waals surface area contributed by atoms with Gasteiger partial charge in [-0.25, -0.2) is 0 Å². The molecule has 0 fully saturated rings. The summed E-state index contributed by atoms with van der Waals surface area (Å²) in [7, 11) is 0. The monoisotopic (exact) mass is 229 g/mol. The number of aryl methyl sites for hydroxylation is 1. The minimum atomic E-state index is 0.335. The normalized spacial score (nSPS) is 12.6. The number of hydrogen-bond donors (Lipinski definition) is 2. The van der Waals surface area contributed by atoms with Gasteiger partial charge in [-0.15, -0.1) is 0 Å². The molecule has 2 nitrogen and oxygen atoms in total. The van der Waals surface area contributed by atoms with Crippen LogP contribution in [0.15, 0.2) is 46.2 Å². The second-order valence-corrected chi connectivity index (χ2v) is 4.88. The standard InChI is InChI=1S/C13H11NOS/c1-8-4-2-7-11-12(8)14-9-5-3-6-10(15)13(9)16-11/h2-7,14-15H,1H3. The number of hydrogen-bond acceptors (Lipinski definition) is 3. The third-order valence-corrected chi connectivity index (χ3v) is 3.89. The molecule has 16 heavy (non-hydrogen) atoms. The molecule has 3 heteroatoms. The zero-order valence-corrected chi connectivity index (χ0v) is 9.64. The number of anilines is 2. The Morgan fingerprint density at radius 1 is 1.12 bits per heavy atom. The molecule has 0 atom stereocenters. The van der Waals surface area contributed by atoms with Gasteiger partial charge in [0.05, 0.1) is 16.3 Å². The van der Waals surface area contributed by atoms with Crippen molar-refractivity contribution in [3.05, 3.63) is 42.0 Å². The molecule has 0 amide bonds. The highest BCUT2D eigenvalue weighted by atomic mass is 32.2. The summed E-state index contributed by atoms with van der Waals surface area (Å²) < 4.78 is 0. The summed E-state index contributed by atoms with van der Waals surface area (Å²) in [5, 5.41) is 13.2. The van der Waals surface area contributed by atoms with Crippen LogP contribution in [0.25, 0.3) is 0 Å². The lowest BCUT2D eigenvalue weighted by Crippen LogP contribution is -2.01. The van der Waals surface area contributed by atoms with E-state index in [2.05, 4.69) is 24.4 Å². The molecule has 2 aromatic rings. The van der Waals surface area contributed by atoms with Crippen LogP contribution in [-0.4, -0.2) is 5.11 Å². The molecule has 3 rings (SSSR count). The molecule has 80 valence electrons. The van der Waals surface area contributed by atoms with Gasteiger partial charge in [0.1, 0.15) is 5.75 Å². The summed E-state index contributed by atoms with van der Waals surface area (Å²) >= 11 is 1.61. The van der Waals surface area contributed by atoms with Gasteiger partial charge in [-0.3, -0.25) is 0 Å². The Balaban J connectivity index is 2.17. The quantitative estimate of drug-likeness (QED) is 0.613. The number of fused-ring (bicyclic) bond motifs is 2. The van der Waals surface area contributed by atoms with E-state index in [1.54, 1.807) is 17.8 Å². The van der Waals surface area contributed by atoms with Crippen LogP contribution in [-0.2, 0) is 0 Å². The lowest BCUT2D eigenvalue weighted by Gasteiger charge is -2.22. The molecule has 2 N–H and O–H groups in total. The highest BCUT2D eigenvalue weighted by Crippen LogP contribution is 2.48. The van der Waals surface area contributed by atoms with Gasteiger partial charge in [-0.2, -0.15) is 0 Å². The van der Waals surface area contributed by atoms with Crippen molar-refractivity contribution >= 4 is 23.1 Å². The highest BCUT2D eigenvalue weighted by molar-refractivity contribution is 7.99. The average molecular weight is 229 g/mol. The second kappa shape index (κ2) is 3.46. The van der Waals surface area contributed by atoms with E-state index in [-0.39, 0.29) is 0 Å². The van der Waals surface area contributed by atoms with Gasteiger partial charge in [-0.05, 0) is 30.7 Å². The van der Waals surface area contributed by atoms with Crippen LogP contribution in [0.1, 0.15) is 5.56 Å². The van der Waals surface area contributed by atoms with Gasteiger partial charge < -0.3 is 10.4 Å². The molecule has 0 aromatic heterocycles. The summed E-state index contributed by atoms with van der Waals surface area (Å²) in [5.41, 5.74) is 3.34. The summed E-state index contributed by atoms with van der Waals surface area (Å²) in [6.45, 7) is 2.08. The average Bonchev–Trinajstić information content (AvgIpc) is 2.29. The molecule has 1 aliphatic heterocycles. The van der Waals surface area contributed by atoms with E-state index in [1.807, 2.05) is 18.2 Å². The van der Waals surface area contributed by atoms with Crippen molar-refractivity contribution in [2.75, 3.05) is 5.32 Å². The third kappa shape index (κ3) is 1.36. The Labute approximate surface area is 98.3 Å². The fourth-order valence-corrected chi connectivity index (χ4v) is 2.94. The van der Waals surface area contributed by atoms with Crippen LogP contribution in [0.2, 0.25) is 0 Å². The highest BCUT2D eigenvalue weighted by Gasteiger charge is 2.19. The molecular weight excluding hydrogens is 218 g/mol. The molecule has 0 bridgehead atoms. The predicted molar refractivity (Wildman–Crippen MR) is 66.7 cm³/mol. The van der Waals surface area contributed by atoms with Crippen LogP contribution >= 0.6 is 11.8 Å². The van der Waals surface area contributed by atoms with E-state index in [1.165, 1.54) is 5.56 Å². The van der Waals surface area contributed by atoms with Crippen molar-refractivity contribution in [1.29, 1.82) is 0 Å². The maximum atomic E-state index is 9.79. The molecular formula is C13H11NOS. The van der Waals surface area contributed by atoms with Gasteiger partial charge >= 0.3 is 0 Å². The van der Waals surface area contributed by atoms with Crippen molar-refractivity contribution in [2.24, 2.45) is 0 Å². The summed E-state index contributed by atoms with van der Waals surface area (Å²) in [4.78, 5) is 2.06. The van der Waals surface area contributed by atoms with Crippen molar-refractivity contribution in [3.8, 4) is 5.75 Å². The Morgan fingerprint density at radius 2 is 1.94 bits per heavy atom. The molecule has 1 aliphatic rings. The van der Waals surface area contributed by atoms with Crippen LogP contribution in [0.3, 0.4) is 0 Å². The number of rotatable bonds is 0. The number of benzene rings is 2. The zero-order valence-electron chi connectivity index (χ0n) is 8.82. The molecule has 1 heterocycles. The minimum absolute atomic E-state index is 0.335. The second-order valence-electron chi connectivity index (χ2n) is 3.83. The first-order valence-electron chi connectivity index (χ1n) is 5.12. The Hall–Kier alpha value is -1.61. The van der Waals surface area contributed by atoms with E-state index in [9.17, 15) is 5.11 Å². The number of phenols is 1. The van der Waals surface area contributed by atoms with E-state index >= 15 is 0 Å². The Bertz CT molecular complexity index is 514. The van der Waals surface area contributed by atoms with Crippen LogP contribution < -0.4 is 5.32 Å². The van der Waals surface area contributed by atoms with E-state index in [0.29, 0.717) is 5.75 Å². The lowest BCUT2D eigenvalue weighted by molar-refractivity contribution is 0.463. The summed E-state index contributed by atoms with van der Waals surface area (Å²) in [6.07, 6.45) is 0. The fourth-order valence-electron chi connectivity index (χ4n) is 1.86. The van der Waals surface area contributed by atoms with Gasteiger partial charge in [0.2, 0.25) is 0 Å². The van der Waals surface area contributed by atoms with E-state index in [4.69, 9.17) is 0 Å². The smallest absolute Gasteiger partial charge is 0.131 e. The van der Waals surface area contributed by atoms with Crippen LogP contribution in [0.5, 0.6) is 5.75 Å². The SMILES string of the molecule is Cc1cccc2c1Nc1cccc(O)c1S2. The zero-order chi connectivity index (χ0) is 11.1. The lowest BCUT2D eigenvalue weighted by atomic mass is 10.2. The largest absolute Gasteiger partial charge is 0.507 e. The Kier molecular flexibility index (Phi) is 2.07. The van der Waals surface area contributed by atoms with Crippen molar-refractivity contribution in [3.63, 3.8) is 0 Å². The first-order valence-corrected chi connectivity index (χ1v) is 5.94. The van der Waals surface area contributed by atoms with Gasteiger partial charge in [0.25, 0.3) is 0 Å². The minimum Gasteiger partial charge on any atom is -0.507 e. The molecule has 0 aliphatic carbocycles. The first kappa shape index (κ1) is 9.60. The van der Waals surface area contributed by atoms with Gasteiger partial charge in [-0.1, -0.05) is 30.0 Å².